The molecule has 1 aromatic heterocycles. The SMILES string of the molecule is COc1ccc(/C=N/OCC(=O)OCC(=O)N(C)Cc2ccc(Cl)s2)cc1. The molecule has 0 radical (unpaired) electrons. The fraction of sp³-hybridized carbons (Fsp3) is 0.278. The molecule has 7 nitrogen and oxygen atoms in total. The molecular weight excluding hydrogens is 392 g/mol. The summed E-state index contributed by atoms with van der Waals surface area (Å²) in [5.41, 5.74) is 0.787. The molecule has 2 aromatic rings. The van der Waals surface area contributed by atoms with Crippen LogP contribution in [0.15, 0.2) is 41.6 Å². The van der Waals surface area contributed by atoms with Gasteiger partial charge in [-0.15, -0.1) is 11.3 Å². The minimum absolute atomic E-state index is 0.324. The average molecular weight is 411 g/mol. The molecule has 2 rings (SSSR count). The van der Waals surface area contributed by atoms with Crippen LogP contribution in [0.25, 0.3) is 0 Å². The van der Waals surface area contributed by atoms with Crippen molar-refractivity contribution >= 4 is 41.0 Å². The lowest BCUT2D eigenvalue weighted by Crippen LogP contribution is -2.31. The molecule has 1 heterocycles. The van der Waals surface area contributed by atoms with Crippen molar-refractivity contribution in [1.82, 2.24) is 4.90 Å². The summed E-state index contributed by atoms with van der Waals surface area (Å²) in [7, 11) is 3.21. The van der Waals surface area contributed by atoms with Crippen molar-refractivity contribution < 1.29 is 23.9 Å². The van der Waals surface area contributed by atoms with Crippen LogP contribution in [0.3, 0.4) is 0 Å². The summed E-state index contributed by atoms with van der Waals surface area (Å²) in [6, 6.07) is 10.8. The van der Waals surface area contributed by atoms with E-state index in [0.717, 1.165) is 16.2 Å². The lowest BCUT2D eigenvalue weighted by atomic mass is 10.2. The van der Waals surface area contributed by atoms with Gasteiger partial charge in [0.15, 0.2) is 6.61 Å². The van der Waals surface area contributed by atoms with Gasteiger partial charge in [0, 0.05) is 11.9 Å². The fourth-order valence-electron chi connectivity index (χ4n) is 1.93. The maximum absolute atomic E-state index is 12.0. The van der Waals surface area contributed by atoms with Crippen molar-refractivity contribution in [3.05, 3.63) is 51.2 Å². The van der Waals surface area contributed by atoms with Gasteiger partial charge in [0.05, 0.1) is 24.2 Å². The second kappa shape index (κ2) is 10.5. The van der Waals surface area contributed by atoms with E-state index in [0.29, 0.717) is 10.9 Å². The number of ether oxygens (including phenoxy) is 2. The second-order valence-electron chi connectivity index (χ2n) is 5.40. The van der Waals surface area contributed by atoms with Crippen LogP contribution in [0.5, 0.6) is 5.75 Å². The third-order valence-electron chi connectivity index (χ3n) is 3.38. The van der Waals surface area contributed by atoms with Crippen molar-refractivity contribution in [1.29, 1.82) is 0 Å². The number of rotatable bonds is 9. The molecule has 0 bridgehead atoms. The summed E-state index contributed by atoms with van der Waals surface area (Å²) in [6.07, 6.45) is 1.46. The number of amides is 1. The first-order valence-electron chi connectivity index (χ1n) is 7.91. The Kier molecular flexibility index (Phi) is 8.09. The van der Waals surface area contributed by atoms with E-state index in [-0.39, 0.29) is 19.1 Å². The highest BCUT2D eigenvalue weighted by atomic mass is 35.5. The Labute approximate surface area is 166 Å². The second-order valence-corrected chi connectivity index (χ2v) is 7.20. The Balaban J connectivity index is 1.66. The van der Waals surface area contributed by atoms with E-state index in [1.807, 2.05) is 6.07 Å². The molecule has 0 N–H and O–H groups in total. The Morgan fingerprint density at radius 1 is 1.19 bits per heavy atom. The van der Waals surface area contributed by atoms with Gasteiger partial charge in [-0.05, 0) is 42.0 Å². The number of hydrogen-bond acceptors (Lipinski definition) is 7. The topological polar surface area (TPSA) is 77.4 Å². The van der Waals surface area contributed by atoms with Crippen molar-refractivity contribution in [2.75, 3.05) is 27.4 Å². The molecule has 0 fully saturated rings. The third kappa shape index (κ3) is 7.28. The van der Waals surface area contributed by atoms with Gasteiger partial charge in [0.1, 0.15) is 5.75 Å². The standard InChI is InChI=1S/C18H19ClN2O5S/c1-21(10-15-7-8-16(19)27-15)17(22)11-25-18(23)12-26-20-9-13-3-5-14(24-2)6-4-13/h3-9H,10-12H2,1-2H3/b20-9+. The molecule has 1 amide bonds. The number of halogens is 1. The van der Waals surface area contributed by atoms with E-state index in [2.05, 4.69) is 5.16 Å². The summed E-state index contributed by atoms with van der Waals surface area (Å²) in [4.78, 5) is 30.8. The molecule has 144 valence electrons. The van der Waals surface area contributed by atoms with Gasteiger partial charge >= 0.3 is 5.97 Å². The number of likely N-dealkylation sites (N-methyl/N-ethyl adjacent to an activating group) is 1. The number of nitrogens with zero attached hydrogens (tertiary/aromatic N) is 2. The summed E-state index contributed by atoms with van der Waals surface area (Å²) in [5, 5.41) is 3.68. The molecule has 0 saturated carbocycles. The van der Waals surface area contributed by atoms with Gasteiger partial charge in [0.25, 0.3) is 5.91 Å². The van der Waals surface area contributed by atoms with Crippen molar-refractivity contribution in [2.24, 2.45) is 5.16 Å². The number of benzene rings is 1. The van der Waals surface area contributed by atoms with Crippen LogP contribution in [0.1, 0.15) is 10.4 Å². The highest BCUT2D eigenvalue weighted by molar-refractivity contribution is 7.16. The summed E-state index contributed by atoms with van der Waals surface area (Å²) in [6.45, 7) is -0.347. The van der Waals surface area contributed by atoms with Crippen molar-refractivity contribution in [2.45, 2.75) is 6.54 Å². The van der Waals surface area contributed by atoms with Crippen LogP contribution in [0.4, 0.5) is 0 Å². The molecule has 27 heavy (non-hydrogen) atoms. The molecule has 0 spiro atoms. The number of oxime groups is 1. The van der Waals surface area contributed by atoms with Crippen LogP contribution in [-0.4, -0.2) is 50.4 Å². The van der Waals surface area contributed by atoms with Crippen molar-refractivity contribution in [3.8, 4) is 5.75 Å². The Morgan fingerprint density at radius 3 is 2.56 bits per heavy atom. The van der Waals surface area contributed by atoms with Crippen molar-refractivity contribution in [3.63, 3.8) is 0 Å². The number of carbonyl (C=O) groups is 2. The lowest BCUT2D eigenvalue weighted by molar-refractivity contribution is -0.155. The summed E-state index contributed by atoms with van der Waals surface area (Å²) < 4.78 is 10.6. The van der Waals surface area contributed by atoms with Gasteiger partial charge < -0.3 is 19.2 Å². The molecule has 0 saturated heterocycles. The first-order chi connectivity index (χ1) is 13.0. The molecule has 0 unspecified atom stereocenters. The fourth-order valence-corrected chi connectivity index (χ4v) is 3.07. The lowest BCUT2D eigenvalue weighted by Gasteiger charge is -2.15. The predicted octanol–water partition coefficient (Wildman–Crippen LogP) is 2.96. The highest BCUT2D eigenvalue weighted by Crippen LogP contribution is 2.22. The predicted molar refractivity (Wildman–Crippen MR) is 103 cm³/mol. The quantitative estimate of drug-likeness (QED) is 0.361. The maximum atomic E-state index is 12.0. The van der Waals surface area contributed by atoms with Gasteiger partial charge in [-0.25, -0.2) is 4.79 Å². The number of thiophene rings is 1. The van der Waals surface area contributed by atoms with Gasteiger partial charge in [0.2, 0.25) is 6.61 Å². The number of hydrogen-bond donors (Lipinski definition) is 0. The van der Waals surface area contributed by atoms with Gasteiger partial charge in [-0.2, -0.15) is 0 Å². The minimum atomic E-state index is -0.678. The molecule has 0 aliphatic rings. The zero-order chi connectivity index (χ0) is 19.6. The molecule has 0 atom stereocenters. The highest BCUT2D eigenvalue weighted by Gasteiger charge is 2.13. The van der Waals surface area contributed by atoms with Gasteiger partial charge in [-0.3, -0.25) is 4.79 Å². The van der Waals surface area contributed by atoms with E-state index >= 15 is 0 Å². The smallest absolute Gasteiger partial charge is 0.347 e. The van der Waals surface area contributed by atoms with Crippen LogP contribution in [0, 0.1) is 0 Å². The molecule has 9 heteroatoms. The number of esters is 1. The van der Waals surface area contributed by atoms with E-state index in [1.54, 1.807) is 44.5 Å². The van der Waals surface area contributed by atoms with E-state index in [4.69, 9.17) is 25.9 Å². The Morgan fingerprint density at radius 2 is 1.93 bits per heavy atom. The number of carbonyl (C=O) groups excluding carboxylic acids is 2. The monoisotopic (exact) mass is 410 g/mol. The third-order valence-corrected chi connectivity index (χ3v) is 4.59. The molecular formula is C18H19ClN2O5S. The Bertz CT molecular complexity index is 791. The normalized spacial score (nSPS) is 10.6. The van der Waals surface area contributed by atoms with E-state index < -0.39 is 5.97 Å². The zero-order valence-electron chi connectivity index (χ0n) is 14.9. The summed E-state index contributed by atoms with van der Waals surface area (Å²) in [5.74, 6) is -0.272. The average Bonchev–Trinajstić information content (AvgIpc) is 3.08. The largest absolute Gasteiger partial charge is 0.497 e. The van der Waals surface area contributed by atoms with Crippen LogP contribution in [0.2, 0.25) is 4.34 Å². The number of methoxy groups -OCH3 is 1. The Hall–Kier alpha value is -2.58. The van der Waals surface area contributed by atoms with Crippen LogP contribution < -0.4 is 4.74 Å². The minimum Gasteiger partial charge on any atom is -0.497 e. The van der Waals surface area contributed by atoms with Gasteiger partial charge in [-0.1, -0.05) is 16.8 Å². The van der Waals surface area contributed by atoms with Crippen LogP contribution >= 0.6 is 22.9 Å². The van der Waals surface area contributed by atoms with E-state index in [1.165, 1.54) is 22.5 Å². The molecule has 1 aromatic carbocycles. The summed E-state index contributed by atoms with van der Waals surface area (Å²) >= 11 is 7.25. The van der Waals surface area contributed by atoms with E-state index in [9.17, 15) is 9.59 Å². The molecule has 0 aliphatic carbocycles. The molecule has 0 aliphatic heterocycles. The first kappa shape index (κ1) is 20.7. The van der Waals surface area contributed by atoms with Crippen LogP contribution in [-0.2, 0) is 25.7 Å². The first-order valence-corrected chi connectivity index (χ1v) is 9.10. The zero-order valence-corrected chi connectivity index (χ0v) is 16.5. The maximum Gasteiger partial charge on any atom is 0.347 e.